The molecule has 19 heavy (non-hydrogen) atoms. The van der Waals surface area contributed by atoms with Crippen LogP contribution in [0.3, 0.4) is 0 Å². The molecular formula is C15H26N2O2. The summed E-state index contributed by atoms with van der Waals surface area (Å²) in [6.07, 6.45) is 11.8. The Hall–Kier alpha value is -0.740. The van der Waals surface area contributed by atoms with Crippen LogP contribution < -0.4 is 0 Å². The van der Waals surface area contributed by atoms with Crippen LogP contribution in [-0.2, 0) is 9.47 Å². The molecule has 0 bridgehead atoms. The van der Waals surface area contributed by atoms with E-state index in [4.69, 9.17) is 9.47 Å². The van der Waals surface area contributed by atoms with Gasteiger partial charge in [-0.3, -0.25) is 0 Å². The number of rotatable bonds is 4. The molecule has 0 saturated heterocycles. The summed E-state index contributed by atoms with van der Waals surface area (Å²) >= 11 is 0. The Balaban J connectivity index is 1.71. The molecule has 0 heterocycles. The first-order chi connectivity index (χ1) is 9.31. The van der Waals surface area contributed by atoms with Crippen LogP contribution in [0.25, 0.3) is 0 Å². The Labute approximate surface area is 116 Å². The van der Waals surface area contributed by atoms with Gasteiger partial charge in [0.1, 0.15) is 0 Å². The van der Waals surface area contributed by atoms with E-state index in [9.17, 15) is 0 Å². The Kier molecular flexibility index (Phi) is 5.98. The van der Waals surface area contributed by atoms with Crippen molar-refractivity contribution in [2.45, 2.75) is 63.6 Å². The van der Waals surface area contributed by atoms with Gasteiger partial charge < -0.3 is 9.47 Å². The zero-order valence-electron chi connectivity index (χ0n) is 12.2. The van der Waals surface area contributed by atoms with E-state index in [1.807, 2.05) is 6.21 Å². The maximum atomic E-state index is 5.38. The van der Waals surface area contributed by atoms with E-state index < -0.39 is 0 Å². The maximum absolute atomic E-state index is 5.38. The highest BCUT2D eigenvalue weighted by Crippen LogP contribution is 2.24. The molecule has 2 saturated carbocycles. The summed E-state index contributed by atoms with van der Waals surface area (Å²) in [6, 6.07) is 0. The smallest absolute Gasteiger partial charge is 0.0578 e. The molecule has 2 fully saturated rings. The molecule has 0 aromatic rings. The first-order valence-electron chi connectivity index (χ1n) is 7.46. The fourth-order valence-corrected chi connectivity index (χ4v) is 2.94. The van der Waals surface area contributed by atoms with Gasteiger partial charge in [0.2, 0.25) is 0 Å². The minimum Gasteiger partial charge on any atom is -0.381 e. The highest BCUT2D eigenvalue weighted by molar-refractivity contribution is 5.85. The summed E-state index contributed by atoms with van der Waals surface area (Å²) in [5.41, 5.74) is 1.23. The summed E-state index contributed by atoms with van der Waals surface area (Å²) < 4.78 is 10.7. The predicted octanol–water partition coefficient (Wildman–Crippen LogP) is 3.21. The van der Waals surface area contributed by atoms with Gasteiger partial charge in [0, 0.05) is 26.1 Å². The largest absolute Gasteiger partial charge is 0.381 e. The normalized spacial score (nSPS) is 32.7. The monoisotopic (exact) mass is 266 g/mol. The van der Waals surface area contributed by atoms with Crippen LogP contribution >= 0.6 is 0 Å². The molecule has 0 aliphatic heterocycles. The van der Waals surface area contributed by atoms with Crippen molar-refractivity contribution >= 4 is 11.9 Å². The van der Waals surface area contributed by atoms with Crippen molar-refractivity contribution in [1.82, 2.24) is 0 Å². The molecule has 0 aromatic carbocycles. The molecule has 0 spiro atoms. The van der Waals surface area contributed by atoms with Gasteiger partial charge in [-0.2, -0.15) is 10.2 Å². The van der Waals surface area contributed by atoms with Crippen LogP contribution in [0.15, 0.2) is 10.2 Å². The van der Waals surface area contributed by atoms with E-state index in [0.717, 1.165) is 38.5 Å². The summed E-state index contributed by atoms with van der Waals surface area (Å²) in [5.74, 6) is 0.589. The first kappa shape index (κ1) is 14.7. The van der Waals surface area contributed by atoms with Crippen molar-refractivity contribution in [2.75, 3.05) is 14.2 Å². The SMILES string of the molecule is COC1CCC(=NN=CC2CCC(OC)CC2)CC1. The maximum Gasteiger partial charge on any atom is 0.0578 e. The van der Waals surface area contributed by atoms with Crippen molar-refractivity contribution in [3.8, 4) is 0 Å². The zero-order valence-corrected chi connectivity index (χ0v) is 12.2. The average molecular weight is 266 g/mol. The van der Waals surface area contributed by atoms with Crippen molar-refractivity contribution in [3.63, 3.8) is 0 Å². The lowest BCUT2D eigenvalue weighted by atomic mass is 9.88. The third-order valence-corrected chi connectivity index (χ3v) is 4.37. The van der Waals surface area contributed by atoms with Crippen LogP contribution in [0.1, 0.15) is 51.4 Å². The molecule has 0 aromatic heterocycles. The van der Waals surface area contributed by atoms with Crippen LogP contribution in [0, 0.1) is 5.92 Å². The van der Waals surface area contributed by atoms with Crippen LogP contribution in [0.2, 0.25) is 0 Å². The van der Waals surface area contributed by atoms with Crippen molar-refractivity contribution < 1.29 is 9.47 Å². The van der Waals surface area contributed by atoms with Crippen LogP contribution in [-0.4, -0.2) is 38.4 Å². The molecule has 2 aliphatic rings. The second-order valence-corrected chi connectivity index (χ2v) is 5.64. The van der Waals surface area contributed by atoms with E-state index in [-0.39, 0.29) is 0 Å². The van der Waals surface area contributed by atoms with E-state index >= 15 is 0 Å². The zero-order chi connectivity index (χ0) is 13.5. The van der Waals surface area contributed by atoms with E-state index in [2.05, 4.69) is 10.2 Å². The standard InChI is InChI=1S/C15H26N2O2/c1-18-14-7-3-12(4-8-14)11-16-17-13-5-9-15(19-2)10-6-13/h11-12,14-15H,3-10H2,1-2H3. The molecule has 0 N–H and O–H groups in total. The molecule has 4 heteroatoms. The van der Waals surface area contributed by atoms with Gasteiger partial charge in [-0.1, -0.05) is 0 Å². The van der Waals surface area contributed by atoms with E-state index in [1.165, 1.54) is 18.6 Å². The molecule has 2 aliphatic carbocycles. The predicted molar refractivity (Wildman–Crippen MR) is 77.9 cm³/mol. The number of hydrogen-bond acceptors (Lipinski definition) is 4. The lowest BCUT2D eigenvalue weighted by molar-refractivity contribution is 0.0651. The first-order valence-corrected chi connectivity index (χ1v) is 7.46. The molecule has 0 amide bonds. The Morgan fingerprint density at radius 1 is 0.895 bits per heavy atom. The second-order valence-electron chi connectivity index (χ2n) is 5.64. The fraction of sp³-hybridized carbons (Fsp3) is 0.867. The number of nitrogens with zero attached hydrogens (tertiary/aromatic N) is 2. The summed E-state index contributed by atoms with van der Waals surface area (Å²) in [5, 5.41) is 8.69. The van der Waals surface area contributed by atoms with Gasteiger partial charge in [-0.15, -0.1) is 0 Å². The fourth-order valence-electron chi connectivity index (χ4n) is 2.94. The number of ether oxygens (including phenoxy) is 2. The lowest BCUT2D eigenvalue weighted by Gasteiger charge is -2.24. The minimum absolute atomic E-state index is 0.423. The number of methoxy groups -OCH3 is 2. The van der Waals surface area contributed by atoms with Crippen molar-refractivity contribution in [2.24, 2.45) is 16.1 Å². The molecular weight excluding hydrogens is 240 g/mol. The molecule has 108 valence electrons. The van der Waals surface area contributed by atoms with E-state index in [0.29, 0.717) is 18.1 Å². The van der Waals surface area contributed by atoms with Crippen molar-refractivity contribution in [1.29, 1.82) is 0 Å². The van der Waals surface area contributed by atoms with Crippen LogP contribution in [0.4, 0.5) is 0 Å². The Morgan fingerprint density at radius 2 is 1.47 bits per heavy atom. The number of hydrogen-bond donors (Lipinski definition) is 0. The molecule has 0 unspecified atom stereocenters. The van der Waals surface area contributed by atoms with Gasteiger partial charge in [0.15, 0.2) is 0 Å². The average Bonchev–Trinajstić information content (AvgIpc) is 2.49. The Bertz CT molecular complexity index is 310. The van der Waals surface area contributed by atoms with E-state index in [1.54, 1.807) is 14.2 Å². The lowest BCUT2D eigenvalue weighted by Crippen LogP contribution is -2.21. The topological polar surface area (TPSA) is 43.2 Å². The van der Waals surface area contributed by atoms with Gasteiger partial charge in [-0.25, -0.2) is 0 Å². The molecule has 0 radical (unpaired) electrons. The minimum atomic E-state index is 0.423. The third kappa shape index (κ3) is 4.69. The molecule has 2 rings (SSSR count). The second kappa shape index (κ2) is 7.75. The highest BCUT2D eigenvalue weighted by atomic mass is 16.5. The Morgan fingerprint density at radius 3 is 2.05 bits per heavy atom. The van der Waals surface area contributed by atoms with Gasteiger partial charge in [0.05, 0.1) is 12.2 Å². The van der Waals surface area contributed by atoms with Gasteiger partial charge in [-0.05, 0) is 57.3 Å². The molecule has 4 nitrogen and oxygen atoms in total. The van der Waals surface area contributed by atoms with Gasteiger partial charge in [0.25, 0.3) is 0 Å². The highest BCUT2D eigenvalue weighted by Gasteiger charge is 2.19. The summed E-state index contributed by atoms with van der Waals surface area (Å²) in [4.78, 5) is 0. The molecule has 0 atom stereocenters. The van der Waals surface area contributed by atoms with Crippen molar-refractivity contribution in [3.05, 3.63) is 0 Å². The third-order valence-electron chi connectivity index (χ3n) is 4.37. The summed E-state index contributed by atoms with van der Waals surface area (Å²) in [7, 11) is 3.60. The summed E-state index contributed by atoms with van der Waals surface area (Å²) in [6.45, 7) is 0. The van der Waals surface area contributed by atoms with Crippen LogP contribution in [0.5, 0.6) is 0 Å². The quantitative estimate of drug-likeness (QED) is 0.579. The van der Waals surface area contributed by atoms with Gasteiger partial charge >= 0.3 is 0 Å².